The maximum Gasteiger partial charge on any atom is 0.417 e. The van der Waals surface area contributed by atoms with Crippen molar-refractivity contribution < 1.29 is 27.9 Å². The number of aryl methyl sites for hydroxylation is 1. The molecule has 1 fully saturated rings. The number of cyclic esters (lactones) is 1. The molecule has 1 aliphatic heterocycles. The Bertz CT molecular complexity index is 1760. The van der Waals surface area contributed by atoms with Crippen LogP contribution in [-0.4, -0.2) is 33.0 Å². The summed E-state index contributed by atoms with van der Waals surface area (Å²) in [5.74, 6) is 1.18. The predicted molar refractivity (Wildman–Crippen MR) is 164 cm³/mol. The molecule has 1 saturated heterocycles. The van der Waals surface area contributed by atoms with Crippen LogP contribution in [0.3, 0.4) is 0 Å². The first kappa shape index (κ1) is 28.4. The second-order valence-corrected chi connectivity index (χ2v) is 10.1. The summed E-state index contributed by atoms with van der Waals surface area (Å²) in [5.41, 5.74) is 4.19. The number of benzene rings is 3. The summed E-state index contributed by atoms with van der Waals surface area (Å²) >= 11 is 0. The Morgan fingerprint density at radius 3 is 1.95 bits per heavy atom. The number of rotatable bonds is 12. The van der Waals surface area contributed by atoms with Crippen LogP contribution in [0.4, 0.5) is 4.79 Å². The van der Waals surface area contributed by atoms with Gasteiger partial charge in [-0.15, -0.1) is 0 Å². The highest BCUT2D eigenvalue weighted by molar-refractivity contribution is 5.99. The summed E-state index contributed by atoms with van der Waals surface area (Å²) in [5, 5.41) is 0. The van der Waals surface area contributed by atoms with Crippen molar-refractivity contribution in [2.45, 2.75) is 32.1 Å². The Morgan fingerprint density at radius 2 is 1.32 bits per heavy atom. The summed E-state index contributed by atoms with van der Waals surface area (Å²) in [6, 6.07) is 27.2. The van der Waals surface area contributed by atoms with Crippen molar-refractivity contribution in [1.29, 1.82) is 0 Å². The van der Waals surface area contributed by atoms with Crippen molar-refractivity contribution in [2.75, 3.05) is 0 Å². The Hall–Kier alpha value is -5.70. The number of ether oxygens (including phenoxy) is 2. The van der Waals surface area contributed by atoms with Crippen LogP contribution in [0, 0.1) is 0 Å². The van der Waals surface area contributed by atoms with Crippen LogP contribution in [0.5, 0.6) is 5.75 Å². The number of carbonyl (C=O) groups excluding carboxylic acids is 2. The third kappa shape index (κ3) is 7.38. The van der Waals surface area contributed by atoms with E-state index in [0.717, 1.165) is 21.6 Å². The van der Waals surface area contributed by atoms with Gasteiger partial charge in [-0.25, -0.2) is 19.7 Å². The van der Waals surface area contributed by atoms with E-state index < -0.39 is 12.2 Å². The maximum atomic E-state index is 12.9. The van der Waals surface area contributed by atoms with Crippen molar-refractivity contribution in [3.05, 3.63) is 137 Å². The molecule has 220 valence electrons. The number of hydrogen-bond donors (Lipinski definition) is 0. The van der Waals surface area contributed by atoms with E-state index in [2.05, 4.69) is 9.97 Å². The molecule has 2 amide bonds. The van der Waals surface area contributed by atoms with E-state index in [1.807, 2.05) is 103 Å². The molecule has 0 N–H and O–H groups in total. The fraction of sp³-hybridized carbons (Fsp3) is 0.143. The van der Waals surface area contributed by atoms with Gasteiger partial charge in [0, 0.05) is 12.2 Å². The highest BCUT2D eigenvalue weighted by Gasteiger charge is 2.40. The quantitative estimate of drug-likeness (QED) is 0.153. The van der Waals surface area contributed by atoms with E-state index in [9.17, 15) is 9.59 Å². The molecule has 44 heavy (non-hydrogen) atoms. The molecule has 0 aliphatic carbocycles. The highest BCUT2D eigenvalue weighted by Crippen LogP contribution is 2.22. The molecular weight excluding hydrogens is 558 g/mol. The second kappa shape index (κ2) is 13.5. The molecule has 3 aromatic carbocycles. The zero-order valence-corrected chi connectivity index (χ0v) is 23.7. The van der Waals surface area contributed by atoms with E-state index in [1.54, 1.807) is 12.3 Å². The van der Waals surface area contributed by atoms with Crippen molar-refractivity contribution in [2.24, 2.45) is 0 Å². The van der Waals surface area contributed by atoms with E-state index in [-0.39, 0.29) is 19.1 Å². The second-order valence-electron chi connectivity index (χ2n) is 10.1. The monoisotopic (exact) mass is 587 g/mol. The number of nitrogens with zero attached hydrogens (tertiary/aromatic N) is 3. The van der Waals surface area contributed by atoms with Crippen LogP contribution in [0.2, 0.25) is 0 Å². The molecule has 0 spiro atoms. The standard InChI is InChI=1S/C35H29N3O6/c39-34-31(44-35(40)38(34)21-28-22-42-32(36-28)19-14-25-7-3-1-4-8-25)18-13-27-11-16-30(17-12-27)41-23-29-24-43-33(37-29)20-15-26-9-5-2-6-10-26/h1-12,14-17,19-20,22,24,31H,13,18,21,23H2/b19-14+,20-15+. The van der Waals surface area contributed by atoms with Gasteiger partial charge in [0.05, 0.1) is 12.2 Å². The molecule has 9 heteroatoms. The Kier molecular flexibility index (Phi) is 8.73. The van der Waals surface area contributed by atoms with E-state index >= 15 is 0 Å². The number of aromatic nitrogens is 2. The van der Waals surface area contributed by atoms with Crippen molar-refractivity contribution >= 4 is 36.3 Å². The third-order valence-corrected chi connectivity index (χ3v) is 6.91. The summed E-state index contributed by atoms with van der Waals surface area (Å²) < 4.78 is 22.2. The first-order valence-corrected chi connectivity index (χ1v) is 14.2. The smallest absolute Gasteiger partial charge is 0.417 e. The minimum atomic E-state index is -0.847. The van der Waals surface area contributed by atoms with E-state index in [1.165, 1.54) is 6.26 Å². The molecule has 1 atom stereocenters. The lowest BCUT2D eigenvalue weighted by Gasteiger charge is -2.09. The van der Waals surface area contributed by atoms with Crippen LogP contribution in [0.25, 0.3) is 24.3 Å². The van der Waals surface area contributed by atoms with E-state index in [4.69, 9.17) is 18.3 Å². The number of hydrogen-bond acceptors (Lipinski definition) is 8. The topological polar surface area (TPSA) is 108 Å². The molecule has 0 saturated carbocycles. The van der Waals surface area contributed by atoms with Gasteiger partial charge in [-0.1, -0.05) is 72.8 Å². The zero-order valence-electron chi connectivity index (χ0n) is 23.7. The Labute approximate surface area is 254 Å². The molecule has 0 radical (unpaired) electrons. The largest absolute Gasteiger partial charge is 0.487 e. The van der Waals surface area contributed by atoms with Crippen LogP contribution >= 0.6 is 0 Å². The fourth-order valence-corrected chi connectivity index (χ4v) is 4.59. The minimum Gasteiger partial charge on any atom is -0.487 e. The van der Waals surface area contributed by atoms with Crippen LogP contribution < -0.4 is 4.74 Å². The number of imide groups is 1. The third-order valence-electron chi connectivity index (χ3n) is 6.91. The predicted octanol–water partition coefficient (Wildman–Crippen LogP) is 7.06. The molecule has 2 aromatic heterocycles. The normalized spacial score (nSPS) is 15.0. The first-order chi connectivity index (χ1) is 21.6. The lowest BCUT2D eigenvalue weighted by Crippen LogP contribution is -2.31. The molecule has 3 heterocycles. The van der Waals surface area contributed by atoms with Gasteiger partial charge in [0.25, 0.3) is 5.91 Å². The summed E-state index contributed by atoms with van der Waals surface area (Å²) in [7, 11) is 0. The lowest BCUT2D eigenvalue weighted by atomic mass is 10.1. The summed E-state index contributed by atoms with van der Waals surface area (Å²) in [6.45, 7) is 0.250. The van der Waals surface area contributed by atoms with Crippen LogP contribution in [0.1, 0.15) is 46.3 Å². The van der Waals surface area contributed by atoms with Gasteiger partial charge in [0.15, 0.2) is 6.10 Å². The minimum absolute atomic E-state index is 0.0147. The van der Waals surface area contributed by atoms with Gasteiger partial charge < -0.3 is 18.3 Å². The molecule has 6 rings (SSSR count). The van der Waals surface area contributed by atoms with Gasteiger partial charge in [-0.2, -0.15) is 0 Å². The lowest BCUT2D eigenvalue weighted by molar-refractivity contribution is -0.130. The molecule has 9 nitrogen and oxygen atoms in total. The Morgan fingerprint density at radius 1 is 0.727 bits per heavy atom. The van der Waals surface area contributed by atoms with Gasteiger partial charge in [0.1, 0.15) is 30.6 Å². The van der Waals surface area contributed by atoms with Crippen LogP contribution in [-0.2, 0) is 29.1 Å². The zero-order chi connectivity index (χ0) is 30.1. The van der Waals surface area contributed by atoms with Gasteiger partial charge in [-0.05, 0) is 53.8 Å². The van der Waals surface area contributed by atoms with Crippen molar-refractivity contribution in [1.82, 2.24) is 14.9 Å². The van der Waals surface area contributed by atoms with E-state index in [0.29, 0.717) is 41.8 Å². The summed E-state index contributed by atoms with van der Waals surface area (Å²) in [6.07, 6.45) is 9.76. The molecule has 5 aromatic rings. The highest BCUT2D eigenvalue weighted by atomic mass is 16.6. The fourth-order valence-electron chi connectivity index (χ4n) is 4.59. The van der Waals surface area contributed by atoms with Crippen molar-refractivity contribution in [3.8, 4) is 5.75 Å². The average Bonchev–Trinajstić information content (AvgIpc) is 3.79. The average molecular weight is 588 g/mol. The number of carbonyl (C=O) groups is 2. The maximum absolute atomic E-state index is 12.9. The van der Waals surface area contributed by atoms with Gasteiger partial charge in [0.2, 0.25) is 11.8 Å². The number of oxazole rings is 2. The SMILES string of the molecule is O=C1OC(CCc2ccc(OCc3coc(/C=C/c4ccccc4)n3)cc2)C(=O)N1Cc1coc(/C=C/c2ccccc2)n1. The molecule has 1 unspecified atom stereocenters. The summed E-state index contributed by atoms with van der Waals surface area (Å²) in [4.78, 5) is 35.2. The Balaban J connectivity index is 0.956. The van der Waals surface area contributed by atoms with Crippen LogP contribution in [0.15, 0.2) is 106 Å². The molecular formula is C35H29N3O6. The number of amides is 2. The first-order valence-electron chi connectivity index (χ1n) is 14.2. The van der Waals surface area contributed by atoms with Gasteiger partial charge >= 0.3 is 6.09 Å². The van der Waals surface area contributed by atoms with Gasteiger partial charge in [-0.3, -0.25) is 4.79 Å². The van der Waals surface area contributed by atoms with Crippen molar-refractivity contribution in [3.63, 3.8) is 0 Å². The molecule has 1 aliphatic rings. The molecule has 0 bridgehead atoms.